The van der Waals surface area contributed by atoms with Gasteiger partial charge in [-0.05, 0) is 37.4 Å². The molecule has 114 valence electrons. The van der Waals surface area contributed by atoms with Crippen LogP contribution in [0.4, 0.5) is 0 Å². The van der Waals surface area contributed by atoms with Crippen LogP contribution in [0.3, 0.4) is 0 Å². The number of primary amides is 1. The maximum absolute atomic E-state index is 12.8. The Morgan fingerprint density at radius 3 is 2.76 bits per heavy atom. The Balaban J connectivity index is 2.26. The summed E-state index contributed by atoms with van der Waals surface area (Å²) in [4.78, 5) is 25.8. The standard InChI is InChI=1S/C16H23N3O2/c1-2-12-6-3-4-8-14(12)16(21)19(11-15(17)20)13-7-5-9-18-10-13/h3-4,6,8,13,18H,2,5,7,9-11H2,1H3,(H2,17,20). The largest absolute Gasteiger partial charge is 0.368 e. The summed E-state index contributed by atoms with van der Waals surface area (Å²) in [6.45, 7) is 3.67. The Morgan fingerprint density at radius 1 is 1.38 bits per heavy atom. The molecule has 1 fully saturated rings. The monoisotopic (exact) mass is 289 g/mol. The molecule has 0 radical (unpaired) electrons. The van der Waals surface area contributed by atoms with Gasteiger partial charge in [-0.15, -0.1) is 0 Å². The number of nitrogens with one attached hydrogen (secondary N) is 1. The van der Waals surface area contributed by atoms with Crippen LogP contribution in [0.15, 0.2) is 24.3 Å². The zero-order valence-electron chi connectivity index (χ0n) is 12.5. The summed E-state index contributed by atoms with van der Waals surface area (Å²) in [5, 5.41) is 3.28. The van der Waals surface area contributed by atoms with E-state index >= 15 is 0 Å². The van der Waals surface area contributed by atoms with Crippen molar-refractivity contribution < 1.29 is 9.59 Å². The number of amides is 2. The summed E-state index contributed by atoms with van der Waals surface area (Å²) in [5.41, 5.74) is 7.01. The Labute approximate surface area is 125 Å². The lowest BCUT2D eigenvalue weighted by Crippen LogP contribution is -2.51. The molecule has 1 saturated heterocycles. The third-order valence-corrected chi connectivity index (χ3v) is 3.93. The molecule has 21 heavy (non-hydrogen) atoms. The van der Waals surface area contributed by atoms with Crippen molar-refractivity contribution in [2.45, 2.75) is 32.2 Å². The highest BCUT2D eigenvalue weighted by Crippen LogP contribution is 2.17. The molecule has 0 bridgehead atoms. The van der Waals surface area contributed by atoms with E-state index in [1.807, 2.05) is 31.2 Å². The molecule has 2 amide bonds. The van der Waals surface area contributed by atoms with Gasteiger partial charge in [0.1, 0.15) is 0 Å². The number of hydrogen-bond donors (Lipinski definition) is 2. The molecule has 1 aromatic carbocycles. The molecule has 0 spiro atoms. The maximum Gasteiger partial charge on any atom is 0.254 e. The fourth-order valence-corrected chi connectivity index (χ4v) is 2.83. The first-order valence-corrected chi connectivity index (χ1v) is 7.51. The molecule has 1 atom stereocenters. The first-order valence-electron chi connectivity index (χ1n) is 7.51. The van der Waals surface area contributed by atoms with E-state index in [1.165, 1.54) is 0 Å². The fraction of sp³-hybridized carbons (Fsp3) is 0.500. The van der Waals surface area contributed by atoms with Crippen molar-refractivity contribution in [3.8, 4) is 0 Å². The number of aryl methyl sites for hydroxylation is 1. The normalized spacial score (nSPS) is 18.2. The maximum atomic E-state index is 12.8. The van der Waals surface area contributed by atoms with Gasteiger partial charge in [0.25, 0.3) is 5.91 Å². The van der Waals surface area contributed by atoms with Crippen LogP contribution < -0.4 is 11.1 Å². The molecule has 1 unspecified atom stereocenters. The number of hydrogen-bond acceptors (Lipinski definition) is 3. The van der Waals surface area contributed by atoms with Crippen molar-refractivity contribution in [1.29, 1.82) is 0 Å². The van der Waals surface area contributed by atoms with Gasteiger partial charge in [0.05, 0.1) is 6.54 Å². The average Bonchev–Trinajstić information content (AvgIpc) is 2.52. The van der Waals surface area contributed by atoms with E-state index in [9.17, 15) is 9.59 Å². The van der Waals surface area contributed by atoms with Gasteiger partial charge < -0.3 is 16.0 Å². The van der Waals surface area contributed by atoms with Gasteiger partial charge in [-0.1, -0.05) is 25.1 Å². The van der Waals surface area contributed by atoms with Crippen molar-refractivity contribution in [2.24, 2.45) is 5.73 Å². The lowest BCUT2D eigenvalue weighted by Gasteiger charge is -2.34. The first kappa shape index (κ1) is 15.5. The third-order valence-electron chi connectivity index (χ3n) is 3.93. The number of piperidine rings is 1. The molecule has 0 aliphatic carbocycles. The molecular weight excluding hydrogens is 266 g/mol. The van der Waals surface area contributed by atoms with Crippen LogP contribution in [0, 0.1) is 0 Å². The minimum absolute atomic E-state index is 0.0246. The van der Waals surface area contributed by atoms with E-state index in [4.69, 9.17) is 5.73 Å². The smallest absolute Gasteiger partial charge is 0.254 e. The molecule has 0 aromatic heterocycles. The predicted molar refractivity (Wildman–Crippen MR) is 81.9 cm³/mol. The van der Waals surface area contributed by atoms with E-state index in [0.29, 0.717) is 12.1 Å². The molecule has 1 aliphatic heterocycles. The number of carbonyl (C=O) groups is 2. The zero-order chi connectivity index (χ0) is 15.2. The highest BCUT2D eigenvalue weighted by atomic mass is 16.2. The molecule has 2 rings (SSSR count). The number of nitrogens with zero attached hydrogens (tertiary/aromatic N) is 1. The Hall–Kier alpha value is -1.88. The Bertz CT molecular complexity index is 510. The van der Waals surface area contributed by atoms with Crippen LogP contribution in [0.25, 0.3) is 0 Å². The summed E-state index contributed by atoms with van der Waals surface area (Å²) in [6.07, 6.45) is 2.69. The van der Waals surface area contributed by atoms with E-state index in [1.54, 1.807) is 4.90 Å². The molecule has 0 saturated carbocycles. The number of nitrogens with two attached hydrogens (primary N) is 1. The van der Waals surface area contributed by atoms with Gasteiger partial charge in [0, 0.05) is 18.2 Å². The van der Waals surface area contributed by atoms with Gasteiger partial charge in [-0.25, -0.2) is 0 Å². The highest BCUT2D eigenvalue weighted by Gasteiger charge is 2.28. The van der Waals surface area contributed by atoms with Crippen molar-refractivity contribution >= 4 is 11.8 Å². The van der Waals surface area contributed by atoms with Crippen molar-refractivity contribution in [2.75, 3.05) is 19.6 Å². The van der Waals surface area contributed by atoms with E-state index < -0.39 is 5.91 Å². The van der Waals surface area contributed by atoms with Gasteiger partial charge in [-0.3, -0.25) is 9.59 Å². The summed E-state index contributed by atoms with van der Waals surface area (Å²) in [7, 11) is 0. The van der Waals surface area contributed by atoms with Gasteiger partial charge in [-0.2, -0.15) is 0 Å². The topological polar surface area (TPSA) is 75.4 Å². The highest BCUT2D eigenvalue weighted by molar-refractivity contribution is 5.97. The number of benzene rings is 1. The molecule has 1 aliphatic rings. The van der Waals surface area contributed by atoms with Crippen molar-refractivity contribution in [3.05, 3.63) is 35.4 Å². The van der Waals surface area contributed by atoms with Crippen LogP contribution >= 0.6 is 0 Å². The summed E-state index contributed by atoms with van der Waals surface area (Å²) in [5.74, 6) is -0.567. The lowest BCUT2D eigenvalue weighted by molar-refractivity contribution is -0.119. The van der Waals surface area contributed by atoms with Crippen LogP contribution in [0.1, 0.15) is 35.7 Å². The van der Waals surface area contributed by atoms with Crippen LogP contribution in [-0.4, -0.2) is 42.4 Å². The predicted octanol–water partition coefficient (Wildman–Crippen LogP) is 0.928. The molecule has 1 aromatic rings. The second-order valence-corrected chi connectivity index (χ2v) is 5.41. The Morgan fingerprint density at radius 2 is 2.14 bits per heavy atom. The zero-order valence-corrected chi connectivity index (χ0v) is 12.5. The van der Waals surface area contributed by atoms with Gasteiger partial charge in [0.15, 0.2) is 0 Å². The van der Waals surface area contributed by atoms with Crippen LogP contribution in [0.5, 0.6) is 0 Å². The number of carbonyl (C=O) groups excluding carboxylic acids is 2. The molecule has 5 heteroatoms. The quantitative estimate of drug-likeness (QED) is 0.846. The van der Waals surface area contributed by atoms with Crippen LogP contribution in [-0.2, 0) is 11.2 Å². The average molecular weight is 289 g/mol. The summed E-state index contributed by atoms with van der Waals surface area (Å²) < 4.78 is 0. The molecular formula is C16H23N3O2. The van der Waals surface area contributed by atoms with Crippen molar-refractivity contribution in [3.63, 3.8) is 0 Å². The summed E-state index contributed by atoms with van der Waals surface area (Å²) >= 11 is 0. The van der Waals surface area contributed by atoms with E-state index in [-0.39, 0.29) is 18.5 Å². The second-order valence-electron chi connectivity index (χ2n) is 5.41. The van der Waals surface area contributed by atoms with Gasteiger partial charge in [0.2, 0.25) is 5.91 Å². The molecule has 5 nitrogen and oxygen atoms in total. The van der Waals surface area contributed by atoms with Crippen LogP contribution in [0.2, 0.25) is 0 Å². The second kappa shape index (κ2) is 7.22. The number of rotatable bonds is 5. The SMILES string of the molecule is CCc1ccccc1C(=O)N(CC(N)=O)C1CCCNC1. The van der Waals surface area contributed by atoms with E-state index in [0.717, 1.165) is 31.4 Å². The first-order chi connectivity index (χ1) is 10.1. The fourth-order valence-electron chi connectivity index (χ4n) is 2.83. The third kappa shape index (κ3) is 3.82. The molecule has 1 heterocycles. The Kier molecular flexibility index (Phi) is 5.33. The van der Waals surface area contributed by atoms with Crippen molar-refractivity contribution in [1.82, 2.24) is 10.2 Å². The van der Waals surface area contributed by atoms with Gasteiger partial charge >= 0.3 is 0 Å². The van der Waals surface area contributed by atoms with E-state index in [2.05, 4.69) is 5.32 Å². The summed E-state index contributed by atoms with van der Waals surface area (Å²) in [6, 6.07) is 7.59. The molecule has 3 N–H and O–H groups in total. The lowest BCUT2D eigenvalue weighted by atomic mass is 10.0. The minimum atomic E-state index is -0.470. The minimum Gasteiger partial charge on any atom is -0.368 e.